The van der Waals surface area contributed by atoms with Gasteiger partial charge in [0, 0.05) is 26.2 Å². The van der Waals surface area contributed by atoms with Crippen molar-refractivity contribution in [1.82, 2.24) is 14.1 Å². The lowest BCUT2D eigenvalue weighted by Gasteiger charge is -2.35. The van der Waals surface area contributed by atoms with Crippen molar-refractivity contribution in [3.8, 4) is 11.4 Å². The average molecular weight is 561 g/mol. The van der Waals surface area contributed by atoms with E-state index in [1.54, 1.807) is 18.3 Å². The third-order valence-electron chi connectivity index (χ3n) is 6.67. The molecule has 1 aliphatic rings. The Balaban J connectivity index is 1.29. The molecule has 1 fully saturated rings. The van der Waals surface area contributed by atoms with Crippen LogP contribution in [0.2, 0.25) is 0 Å². The third-order valence-corrected chi connectivity index (χ3v) is 8.52. The van der Waals surface area contributed by atoms with Crippen LogP contribution in [0, 0.1) is 0 Å². The van der Waals surface area contributed by atoms with E-state index in [0.29, 0.717) is 50.8 Å². The maximum Gasteiger partial charge on any atom is 0.316 e. The van der Waals surface area contributed by atoms with Gasteiger partial charge >= 0.3 is 5.56 Å². The molecule has 0 bridgehead atoms. The minimum Gasteiger partial charge on any atom is -0.484 e. The summed E-state index contributed by atoms with van der Waals surface area (Å²) in [6.45, 7) is 2.34. The summed E-state index contributed by atoms with van der Waals surface area (Å²) in [5, 5.41) is 4.41. The SMILES string of the molecule is O=c1c(OCCOCc2ccccc2)c(N2CCN(S(=O)(=O)Cc3ccccc3)CC2)cnn1-c1ccccc1. The molecule has 5 rings (SSSR count). The van der Waals surface area contributed by atoms with Crippen molar-refractivity contribution in [3.05, 3.63) is 119 Å². The number of rotatable bonds is 11. The van der Waals surface area contributed by atoms with Gasteiger partial charge in [-0.1, -0.05) is 78.9 Å². The van der Waals surface area contributed by atoms with Gasteiger partial charge in [-0.3, -0.25) is 4.79 Å². The lowest BCUT2D eigenvalue weighted by Crippen LogP contribution is -2.49. The van der Waals surface area contributed by atoms with Crippen molar-refractivity contribution in [1.29, 1.82) is 0 Å². The molecule has 1 aromatic heterocycles. The van der Waals surface area contributed by atoms with Crippen molar-refractivity contribution in [2.24, 2.45) is 0 Å². The number of anilines is 1. The molecule has 40 heavy (non-hydrogen) atoms. The molecule has 208 valence electrons. The van der Waals surface area contributed by atoms with E-state index >= 15 is 0 Å². The number of hydrogen-bond donors (Lipinski definition) is 0. The van der Waals surface area contributed by atoms with Crippen molar-refractivity contribution in [2.45, 2.75) is 12.4 Å². The molecule has 0 spiro atoms. The Bertz CT molecular complexity index is 1540. The molecule has 9 nitrogen and oxygen atoms in total. The van der Waals surface area contributed by atoms with E-state index < -0.39 is 10.0 Å². The number of piperazine rings is 1. The van der Waals surface area contributed by atoms with Gasteiger partial charge in [-0.25, -0.2) is 8.42 Å². The molecule has 0 saturated carbocycles. The van der Waals surface area contributed by atoms with E-state index in [2.05, 4.69) is 5.10 Å². The van der Waals surface area contributed by atoms with Crippen molar-refractivity contribution >= 4 is 15.7 Å². The topological polar surface area (TPSA) is 94.0 Å². The molecule has 10 heteroatoms. The molecule has 3 aromatic carbocycles. The van der Waals surface area contributed by atoms with Gasteiger partial charge in [-0.2, -0.15) is 14.1 Å². The summed E-state index contributed by atoms with van der Waals surface area (Å²) >= 11 is 0. The van der Waals surface area contributed by atoms with Gasteiger partial charge in [0.1, 0.15) is 12.3 Å². The molecule has 0 N–H and O–H groups in total. The van der Waals surface area contributed by atoms with Crippen LogP contribution in [0.4, 0.5) is 5.69 Å². The summed E-state index contributed by atoms with van der Waals surface area (Å²) in [5.41, 5.74) is 2.59. The van der Waals surface area contributed by atoms with Gasteiger partial charge in [-0.05, 0) is 23.3 Å². The van der Waals surface area contributed by atoms with Crippen molar-refractivity contribution < 1.29 is 17.9 Å². The molecule has 1 saturated heterocycles. The number of para-hydroxylation sites is 1. The predicted molar refractivity (Wildman–Crippen MR) is 154 cm³/mol. The average Bonchev–Trinajstić information content (AvgIpc) is 2.99. The lowest BCUT2D eigenvalue weighted by atomic mass is 10.2. The zero-order valence-electron chi connectivity index (χ0n) is 22.1. The second kappa shape index (κ2) is 12.9. The standard InChI is InChI=1S/C30H32N4O5S/c35-30-29(39-21-20-38-23-25-10-4-1-5-11-25)28(22-31-34(30)27-14-8-3-9-15-27)32-16-18-33(19-17-32)40(36,37)24-26-12-6-2-7-13-26/h1-15,22H,16-21,23-24H2. The number of ether oxygens (including phenoxy) is 2. The van der Waals surface area contributed by atoms with Crippen LogP contribution in [0.3, 0.4) is 0 Å². The fourth-order valence-corrected chi connectivity index (χ4v) is 6.11. The number of benzene rings is 3. The van der Waals surface area contributed by atoms with Gasteiger partial charge in [0.15, 0.2) is 0 Å². The zero-order chi connectivity index (χ0) is 27.8. The van der Waals surface area contributed by atoms with Gasteiger partial charge in [-0.15, -0.1) is 0 Å². The predicted octanol–water partition coefficient (Wildman–Crippen LogP) is 3.48. The van der Waals surface area contributed by atoms with Crippen LogP contribution in [-0.4, -0.2) is 61.9 Å². The summed E-state index contributed by atoms with van der Waals surface area (Å²) in [5.74, 6) is 0.127. The second-order valence-electron chi connectivity index (χ2n) is 9.43. The Labute approximate surface area is 234 Å². The number of sulfonamides is 1. The van der Waals surface area contributed by atoms with Crippen molar-refractivity contribution in [3.63, 3.8) is 0 Å². The van der Waals surface area contributed by atoms with Gasteiger partial charge in [0.2, 0.25) is 15.8 Å². The van der Waals surface area contributed by atoms with E-state index in [9.17, 15) is 13.2 Å². The Hall–Kier alpha value is -3.99. The molecule has 0 radical (unpaired) electrons. The first-order chi connectivity index (χ1) is 19.5. The normalized spacial score (nSPS) is 14.2. The molecule has 4 aromatic rings. The zero-order valence-corrected chi connectivity index (χ0v) is 22.9. The molecule has 0 atom stereocenters. The Kier molecular flexibility index (Phi) is 8.90. The third kappa shape index (κ3) is 6.77. The summed E-state index contributed by atoms with van der Waals surface area (Å²) < 4.78 is 40.6. The highest BCUT2D eigenvalue weighted by atomic mass is 32.2. The fraction of sp³-hybridized carbons (Fsp3) is 0.267. The highest BCUT2D eigenvalue weighted by Gasteiger charge is 2.29. The summed E-state index contributed by atoms with van der Waals surface area (Å²) in [4.78, 5) is 15.5. The fourth-order valence-electron chi connectivity index (χ4n) is 4.59. The molecule has 2 heterocycles. The van der Waals surface area contributed by atoms with Gasteiger partial charge in [0.25, 0.3) is 0 Å². The van der Waals surface area contributed by atoms with Crippen LogP contribution in [0.5, 0.6) is 5.75 Å². The van der Waals surface area contributed by atoms with Crippen LogP contribution in [-0.2, 0) is 27.1 Å². The summed E-state index contributed by atoms with van der Waals surface area (Å²) in [6, 6.07) is 28.1. The minimum absolute atomic E-state index is 0.0418. The molecule has 0 aliphatic carbocycles. The highest BCUT2D eigenvalue weighted by Crippen LogP contribution is 2.26. The van der Waals surface area contributed by atoms with Gasteiger partial charge < -0.3 is 14.4 Å². The largest absolute Gasteiger partial charge is 0.484 e. The Morgan fingerprint density at radius 1 is 0.750 bits per heavy atom. The molecular weight excluding hydrogens is 528 g/mol. The maximum absolute atomic E-state index is 13.5. The van der Waals surface area contributed by atoms with Crippen LogP contribution < -0.4 is 15.2 Å². The smallest absolute Gasteiger partial charge is 0.316 e. The van der Waals surface area contributed by atoms with Crippen LogP contribution in [0.1, 0.15) is 11.1 Å². The number of nitrogens with zero attached hydrogens (tertiary/aromatic N) is 4. The summed E-state index contributed by atoms with van der Waals surface area (Å²) in [6.07, 6.45) is 1.61. The van der Waals surface area contributed by atoms with Crippen LogP contribution in [0.25, 0.3) is 5.69 Å². The summed E-state index contributed by atoms with van der Waals surface area (Å²) in [7, 11) is -3.47. The molecule has 0 amide bonds. The highest BCUT2D eigenvalue weighted by molar-refractivity contribution is 7.88. The number of hydrogen-bond acceptors (Lipinski definition) is 7. The van der Waals surface area contributed by atoms with Crippen LogP contribution in [0.15, 0.2) is 102 Å². The van der Waals surface area contributed by atoms with E-state index in [1.165, 1.54) is 8.99 Å². The molecular formula is C30H32N4O5S. The Morgan fingerprint density at radius 3 is 2.00 bits per heavy atom. The van der Waals surface area contributed by atoms with E-state index in [-0.39, 0.29) is 23.7 Å². The lowest BCUT2D eigenvalue weighted by molar-refractivity contribution is 0.0884. The molecule has 0 unspecified atom stereocenters. The van der Waals surface area contributed by atoms with E-state index in [4.69, 9.17) is 9.47 Å². The maximum atomic E-state index is 13.5. The minimum atomic E-state index is -3.47. The first kappa shape index (κ1) is 27.6. The second-order valence-corrected chi connectivity index (χ2v) is 11.4. The quantitative estimate of drug-likeness (QED) is 0.259. The van der Waals surface area contributed by atoms with Gasteiger partial charge in [0.05, 0.1) is 30.9 Å². The molecule has 1 aliphatic heterocycles. The monoisotopic (exact) mass is 560 g/mol. The van der Waals surface area contributed by atoms with Crippen molar-refractivity contribution in [2.75, 3.05) is 44.3 Å². The first-order valence-corrected chi connectivity index (χ1v) is 14.8. The number of aromatic nitrogens is 2. The Morgan fingerprint density at radius 2 is 1.35 bits per heavy atom. The van der Waals surface area contributed by atoms with Crippen LogP contribution >= 0.6 is 0 Å². The van der Waals surface area contributed by atoms with E-state index in [1.807, 2.05) is 83.8 Å². The van der Waals surface area contributed by atoms with E-state index in [0.717, 1.165) is 11.1 Å². The first-order valence-electron chi connectivity index (χ1n) is 13.2.